The summed E-state index contributed by atoms with van der Waals surface area (Å²) in [6.45, 7) is 1.81. The van der Waals surface area contributed by atoms with E-state index in [4.69, 9.17) is 4.74 Å². The molecule has 0 saturated heterocycles. The fourth-order valence-corrected chi connectivity index (χ4v) is 2.88. The minimum absolute atomic E-state index is 0.219. The Kier molecular flexibility index (Phi) is 6.68. The fourth-order valence-electron chi connectivity index (χ4n) is 2.88. The molecule has 0 bridgehead atoms. The van der Waals surface area contributed by atoms with E-state index in [0.717, 1.165) is 5.56 Å². The Labute approximate surface area is 162 Å². The molecule has 0 saturated carbocycles. The maximum absolute atomic E-state index is 15.2. The van der Waals surface area contributed by atoms with E-state index < -0.39 is 29.7 Å². The fraction of sp³-hybridized carbons (Fsp3) is 0.227. The van der Waals surface area contributed by atoms with E-state index in [0.29, 0.717) is 18.6 Å². The molecule has 0 aliphatic heterocycles. The highest BCUT2D eigenvalue weighted by Gasteiger charge is 2.24. The number of nitrogens with zero attached hydrogens (tertiary/aromatic N) is 1. The van der Waals surface area contributed by atoms with Gasteiger partial charge in [0.05, 0.1) is 0 Å². The molecule has 3 rings (SSSR count). The van der Waals surface area contributed by atoms with Crippen molar-refractivity contribution in [2.24, 2.45) is 0 Å². The molecule has 2 aromatic carbocycles. The molecule has 2 N–H and O–H groups in total. The van der Waals surface area contributed by atoms with Crippen LogP contribution >= 0.6 is 0 Å². The molecule has 0 amide bonds. The molecule has 1 aromatic heterocycles. The molecule has 0 aliphatic rings. The maximum atomic E-state index is 15.2. The first-order valence-corrected chi connectivity index (χ1v) is 9.12. The van der Waals surface area contributed by atoms with E-state index in [1.165, 1.54) is 12.1 Å². The molecular formula is C22H22F2N2O2. The van der Waals surface area contributed by atoms with Crippen molar-refractivity contribution >= 4 is 0 Å². The highest BCUT2D eigenvalue weighted by Crippen LogP contribution is 2.33. The summed E-state index contributed by atoms with van der Waals surface area (Å²) < 4.78 is 35.0. The van der Waals surface area contributed by atoms with Crippen molar-refractivity contribution in [3.8, 4) is 11.5 Å². The first kappa shape index (κ1) is 19.9. The van der Waals surface area contributed by atoms with Crippen LogP contribution in [0.25, 0.3) is 0 Å². The molecule has 0 radical (unpaired) electrons. The van der Waals surface area contributed by atoms with Crippen molar-refractivity contribution < 1.29 is 18.6 Å². The zero-order valence-corrected chi connectivity index (χ0v) is 15.5. The Hall–Kier alpha value is -2.83. The third kappa shape index (κ3) is 4.91. The van der Waals surface area contributed by atoms with Gasteiger partial charge in [0.2, 0.25) is 0 Å². The lowest BCUT2D eigenvalue weighted by molar-refractivity contribution is 0.117. The molecule has 2 atom stereocenters. The summed E-state index contributed by atoms with van der Waals surface area (Å²) in [6, 6.07) is 14.1. The van der Waals surface area contributed by atoms with Gasteiger partial charge in [-0.1, -0.05) is 31.2 Å². The van der Waals surface area contributed by atoms with E-state index in [1.54, 1.807) is 42.7 Å². The Morgan fingerprint density at radius 2 is 1.75 bits per heavy atom. The molecule has 0 fully saturated rings. The summed E-state index contributed by atoms with van der Waals surface area (Å²) >= 11 is 0. The number of nitrogens with one attached hydrogen (secondary N) is 1. The van der Waals surface area contributed by atoms with Crippen LogP contribution in [0.2, 0.25) is 0 Å². The largest absolute Gasteiger partial charge is 0.451 e. The second-order valence-corrected chi connectivity index (χ2v) is 6.40. The van der Waals surface area contributed by atoms with Gasteiger partial charge < -0.3 is 9.84 Å². The molecule has 1 heterocycles. The maximum Gasteiger partial charge on any atom is 0.198 e. The normalized spacial score (nSPS) is 13.1. The molecule has 28 heavy (non-hydrogen) atoms. The van der Waals surface area contributed by atoms with Crippen molar-refractivity contribution in [1.29, 1.82) is 0 Å². The zero-order chi connectivity index (χ0) is 19.9. The third-order valence-electron chi connectivity index (χ3n) is 4.39. The highest BCUT2D eigenvalue weighted by atomic mass is 19.1. The number of rotatable bonds is 8. The minimum Gasteiger partial charge on any atom is -0.451 e. The van der Waals surface area contributed by atoms with Crippen molar-refractivity contribution in [3.05, 3.63) is 89.8 Å². The monoisotopic (exact) mass is 384 g/mol. The summed E-state index contributed by atoms with van der Waals surface area (Å²) in [5.74, 6) is -1.71. The quantitative estimate of drug-likeness (QED) is 0.550. The third-order valence-corrected chi connectivity index (χ3v) is 4.39. The van der Waals surface area contributed by atoms with Gasteiger partial charge in [-0.3, -0.25) is 10.3 Å². The molecule has 0 aliphatic carbocycles. The minimum atomic E-state index is -0.824. The Morgan fingerprint density at radius 3 is 2.43 bits per heavy atom. The molecule has 0 spiro atoms. The van der Waals surface area contributed by atoms with E-state index in [9.17, 15) is 9.50 Å². The van der Waals surface area contributed by atoms with Gasteiger partial charge in [-0.25, -0.2) is 8.78 Å². The van der Waals surface area contributed by atoms with Gasteiger partial charge in [-0.2, -0.15) is 0 Å². The average molecular weight is 384 g/mol. The van der Waals surface area contributed by atoms with Crippen LogP contribution in [0.1, 0.15) is 30.5 Å². The van der Waals surface area contributed by atoms with Crippen molar-refractivity contribution in [2.45, 2.75) is 32.0 Å². The lowest BCUT2D eigenvalue weighted by Gasteiger charge is -2.24. The summed E-state index contributed by atoms with van der Waals surface area (Å²) in [6.07, 6.45) is 3.31. The van der Waals surface area contributed by atoms with Gasteiger partial charge in [-0.15, -0.1) is 0 Å². The number of aliphatic hydroxyl groups is 1. The van der Waals surface area contributed by atoms with Gasteiger partial charge in [-0.05, 0) is 48.7 Å². The number of hydrogen-bond acceptors (Lipinski definition) is 4. The molecule has 146 valence electrons. The van der Waals surface area contributed by atoms with Crippen molar-refractivity contribution in [1.82, 2.24) is 10.3 Å². The summed E-state index contributed by atoms with van der Waals surface area (Å²) in [4.78, 5) is 3.98. The van der Waals surface area contributed by atoms with Crippen molar-refractivity contribution in [2.75, 3.05) is 0 Å². The first-order chi connectivity index (χ1) is 13.6. The lowest BCUT2D eigenvalue weighted by atomic mass is 9.98. The predicted molar refractivity (Wildman–Crippen MR) is 103 cm³/mol. The molecule has 2 unspecified atom stereocenters. The van der Waals surface area contributed by atoms with Crippen LogP contribution < -0.4 is 10.1 Å². The van der Waals surface area contributed by atoms with Crippen LogP contribution in [0.15, 0.2) is 67.0 Å². The number of ether oxygens (including phenoxy) is 1. The standard InChI is InChI=1S/C22H22F2N2O2/c1-2-20(27)26-19(14-15-10-12-25-13-11-15)17-8-9-18(23)22(21(17)24)28-16-6-4-3-5-7-16/h3-13,19-20,26-27H,2,14H2,1H3. The number of pyridine rings is 1. The Bertz CT molecular complexity index is 892. The second kappa shape index (κ2) is 9.39. The van der Waals surface area contributed by atoms with Gasteiger partial charge >= 0.3 is 0 Å². The molecular weight excluding hydrogens is 362 g/mol. The number of halogens is 2. The second-order valence-electron chi connectivity index (χ2n) is 6.40. The first-order valence-electron chi connectivity index (χ1n) is 9.12. The number of benzene rings is 2. The SMILES string of the molecule is CCC(O)NC(Cc1ccncc1)c1ccc(F)c(Oc2ccccc2)c1F. The molecule has 4 nitrogen and oxygen atoms in total. The van der Waals surface area contributed by atoms with E-state index in [1.807, 2.05) is 19.1 Å². The topological polar surface area (TPSA) is 54.4 Å². The van der Waals surface area contributed by atoms with Crippen LogP contribution in [0, 0.1) is 11.6 Å². The van der Waals surface area contributed by atoms with Crippen molar-refractivity contribution in [3.63, 3.8) is 0 Å². The Morgan fingerprint density at radius 1 is 1.04 bits per heavy atom. The number of aliphatic hydroxyl groups excluding tert-OH is 1. The predicted octanol–water partition coefficient (Wildman–Crippen LogP) is 4.75. The van der Waals surface area contributed by atoms with Gasteiger partial charge in [0.1, 0.15) is 12.0 Å². The van der Waals surface area contributed by atoms with Gasteiger partial charge in [0.25, 0.3) is 0 Å². The van der Waals surface area contributed by atoms with Crippen LogP contribution in [0.4, 0.5) is 8.78 Å². The highest BCUT2D eigenvalue weighted by molar-refractivity contribution is 5.39. The smallest absolute Gasteiger partial charge is 0.198 e. The summed E-state index contributed by atoms with van der Waals surface area (Å²) in [7, 11) is 0. The van der Waals surface area contributed by atoms with Crippen LogP contribution in [-0.2, 0) is 6.42 Å². The van der Waals surface area contributed by atoms with Crippen LogP contribution in [-0.4, -0.2) is 16.3 Å². The van der Waals surface area contributed by atoms with Crippen LogP contribution in [0.5, 0.6) is 11.5 Å². The van der Waals surface area contributed by atoms with Gasteiger partial charge in [0.15, 0.2) is 17.4 Å². The number of para-hydroxylation sites is 1. The summed E-state index contributed by atoms with van der Waals surface area (Å²) in [5, 5.41) is 13.1. The Balaban J connectivity index is 1.95. The molecule has 3 aromatic rings. The molecule has 6 heteroatoms. The zero-order valence-electron chi connectivity index (χ0n) is 15.5. The van der Waals surface area contributed by atoms with E-state index >= 15 is 4.39 Å². The van der Waals surface area contributed by atoms with Gasteiger partial charge in [0, 0.05) is 24.0 Å². The summed E-state index contributed by atoms with van der Waals surface area (Å²) in [5.41, 5.74) is 1.13. The van der Waals surface area contributed by atoms with E-state index in [2.05, 4.69) is 10.3 Å². The number of aromatic nitrogens is 1. The van der Waals surface area contributed by atoms with Crippen LogP contribution in [0.3, 0.4) is 0 Å². The lowest BCUT2D eigenvalue weighted by Crippen LogP contribution is -2.34. The average Bonchev–Trinajstić information content (AvgIpc) is 2.72. The van der Waals surface area contributed by atoms with E-state index in [-0.39, 0.29) is 5.56 Å². The number of hydrogen-bond donors (Lipinski definition) is 2.